The van der Waals surface area contributed by atoms with Crippen LogP contribution in [-0.2, 0) is 6.54 Å². The van der Waals surface area contributed by atoms with E-state index in [1.54, 1.807) is 0 Å². The second-order valence-corrected chi connectivity index (χ2v) is 6.45. The lowest BCUT2D eigenvalue weighted by atomic mass is 9.70. The molecule has 1 saturated carbocycles. The Labute approximate surface area is 127 Å². The van der Waals surface area contributed by atoms with E-state index in [0.29, 0.717) is 17.9 Å². The second-order valence-electron chi connectivity index (χ2n) is 6.45. The van der Waals surface area contributed by atoms with Gasteiger partial charge in [-0.25, -0.2) is 0 Å². The number of nitriles is 1. The molecule has 2 rings (SSSR count). The molecular weight excluding hydrogens is 260 g/mol. The molecular formula is C17H26N4. The predicted molar refractivity (Wildman–Crippen MR) is 84.6 cm³/mol. The highest BCUT2D eigenvalue weighted by molar-refractivity contribution is 5.06. The number of allylic oxidation sites excluding steroid dienone is 1. The van der Waals surface area contributed by atoms with Crippen LogP contribution >= 0.6 is 0 Å². The molecule has 21 heavy (non-hydrogen) atoms. The van der Waals surface area contributed by atoms with Gasteiger partial charge in [0.05, 0.1) is 24.7 Å². The second kappa shape index (κ2) is 6.91. The number of hydrogen-bond donors (Lipinski definition) is 1. The van der Waals surface area contributed by atoms with Crippen LogP contribution in [-0.4, -0.2) is 22.4 Å². The molecule has 0 amide bonds. The Hall–Kier alpha value is -1.60. The molecule has 4 heteroatoms. The number of nitrogens with zero attached hydrogens (tertiary/aromatic N) is 3. The maximum absolute atomic E-state index is 9.36. The Kier molecular flexibility index (Phi) is 5.19. The quantitative estimate of drug-likeness (QED) is 0.847. The highest BCUT2D eigenvalue weighted by Gasteiger charge is 2.35. The van der Waals surface area contributed by atoms with Crippen LogP contribution in [0.3, 0.4) is 0 Å². The summed E-state index contributed by atoms with van der Waals surface area (Å²) in [5.41, 5.74) is 2.39. The van der Waals surface area contributed by atoms with Crippen LogP contribution in [0.15, 0.2) is 24.5 Å². The maximum atomic E-state index is 9.36. The van der Waals surface area contributed by atoms with Gasteiger partial charge in [0, 0.05) is 18.8 Å². The molecule has 1 fully saturated rings. The van der Waals surface area contributed by atoms with Gasteiger partial charge >= 0.3 is 0 Å². The SMILES string of the molecule is C=C(C)[C@@H]1CC(C#N)C(C)C(NCCn2cc(C)cn2)C1. The first kappa shape index (κ1) is 15.8. The summed E-state index contributed by atoms with van der Waals surface area (Å²) in [6, 6.07) is 2.87. The summed E-state index contributed by atoms with van der Waals surface area (Å²) >= 11 is 0. The van der Waals surface area contributed by atoms with E-state index in [4.69, 9.17) is 0 Å². The number of aryl methyl sites for hydroxylation is 1. The molecule has 1 heterocycles. The standard InChI is InChI=1S/C17H26N4/c1-12(2)15-7-16(9-18)14(4)17(8-15)19-5-6-21-11-13(3)10-20-21/h10-11,14-17,19H,1,5-8H2,2-4H3/t14?,15-,16?,17?/m1/s1. The Morgan fingerprint density at radius 2 is 2.33 bits per heavy atom. The van der Waals surface area contributed by atoms with Gasteiger partial charge < -0.3 is 5.32 Å². The fraction of sp³-hybridized carbons (Fsp3) is 0.647. The van der Waals surface area contributed by atoms with E-state index >= 15 is 0 Å². The summed E-state index contributed by atoms with van der Waals surface area (Å²) in [6.45, 7) is 12.2. The number of nitrogens with one attached hydrogen (secondary N) is 1. The zero-order valence-electron chi connectivity index (χ0n) is 13.3. The van der Waals surface area contributed by atoms with Gasteiger partial charge in [0.15, 0.2) is 0 Å². The number of aromatic nitrogens is 2. The van der Waals surface area contributed by atoms with Gasteiger partial charge in [0.2, 0.25) is 0 Å². The third-order valence-electron chi connectivity index (χ3n) is 4.72. The smallest absolute Gasteiger partial charge is 0.0659 e. The molecule has 1 N–H and O–H groups in total. The molecule has 0 spiro atoms. The topological polar surface area (TPSA) is 53.6 Å². The van der Waals surface area contributed by atoms with Crippen LogP contribution in [0, 0.1) is 36.0 Å². The third-order valence-corrected chi connectivity index (χ3v) is 4.72. The van der Waals surface area contributed by atoms with Crippen LogP contribution in [0.1, 0.15) is 32.3 Å². The van der Waals surface area contributed by atoms with Gasteiger partial charge in [-0.15, -0.1) is 0 Å². The van der Waals surface area contributed by atoms with Gasteiger partial charge in [0.25, 0.3) is 0 Å². The summed E-state index contributed by atoms with van der Waals surface area (Å²) in [6.07, 6.45) is 5.99. The largest absolute Gasteiger partial charge is 0.312 e. The van der Waals surface area contributed by atoms with E-state index in [0.717, 1.165) is 25.9 Å². The minimum absolute atomic E-state index is 0.130. The number of rotatable bonds is 5. The van der Waals surface area contributed by atoms with Crippen LogP contribution in [0.4, 0.5) is 0 Å². The van der Waals surface area contributed by atoms with Gasteiger partial charge in [-0.2, -0.15) is 10.4 Å². The van der Waals surface area contributed by atoms with Crippen molar-refractivity contribution in [3.8, 4) is 6.07 Å². The van der Waals surface area contributed by atoms with Crippen LogP contribution in [0.25, 0.3) is 0 Å². The van der Waals surface area contributed by atoms with E-state index in [-0.39, 0.29) is 5.92 Å². The van der Waals surface area contributed by atoms with Crippen molar-refractivity contribution in [2.75, 3.05) is 6.54 Å². The minimum atomic E-state index is 0.130. The zero-order chi connectivity index (χ0) is 15.4. The first-order valence-electron chi connectivity index (χ1n) is 7.78. The van der Waals surface area contributed by atoms with E-state index in [1.165, 1.54) is 11.1 Å². The molecule has 114 valence electrons. The molecule has 0 bridgehead atoms. The van der Waals surface area contributed by atoms with Gasteiger partial charge in [-0.05, 0) is 44.1 Å². The van der Waals surface area contributed by atoms with Crippen LogP contribution in [0.5, 0.6) is 0 Å². The molecule has 1 aromatic rings. The van der Waals surface area contributed by atoms with Crippen LogP contribution in [0.2, 0.25) is 0 Å². The Balaban J connectivity index is 1.90. The van der Waals surface area contributed by atoms with Crippen molar-refractivity contribution in [1.82, 2.24) is 15.1 Å². The van der Waals surface area contributed by atoms with Crippen LogP contribution < -0.4 is 5.32 Å². The maximum Gasteiger partial charge on any atom is 0.0659 e. The average Bonchev–Trinajstić information content (AvgIpc) is 2.86. The van der Waals surface area contributed by atoms with Gasteiger partial charge in [-0.1, -0.05) is 19.1 Å². The first-order valence-corrected chi connectivity index (χ1v) is 7.78. The highest BCUT2D eigenvalue weighted by atomic mass is 15.3. The lowest BCUT2D eigenvalue weighted by Gasteiger charge is -2.38. The molecule has 3 unspecified atom stereocenters. The van der Waals surface area contributed by atoms with Crippen molar-refractivity contribution in [3.05, 3.63) is 30.1 Å². The minimum Gasteiger partial charge on any atom is -0.312 e. The molecule has 4 nitrogen and oxygen atoms in total. The monoisotopic (exact) mass is 286 g/mol. The van der Waals surface area contributed by atoms with E-state index in [1.807, 2.05) is 10.9 Å². The fourth-order valence-electron chi connectivity index (χ4n) is 3.21. The average molecular weight is 286 g/mol. The van der Waals surface area contributed by atoms with E-state index < -0.39 is 0 Å². The molecule has 0 radical (unpaired) electrons. The van der Waals surface area contributed by atoms with Gasteiger partial charge in [-0.3, -0.25) is 4.68 Å². The normalized spacial score (nSPS) is 29.0. The van der Waals surface area contributed by atoms with Crippen molar-refractivity contribution >= 4 is 0 Å². The molecule has 0 aliphatic heterocycles. The Morgan fingerprint density at radius 1 is 1.57 bits per heavy atom. The van der Waals surface area contributed by atoms with Gasteiger partial charge in [0.1, 0.15) is 0 Å². The van der Waals surface area contributed by atoms with Crippen molar-refractivity contribution < 1.29 is 0 Å². The lowest BCUT2D eigenvalue weighted by molar-refractivity contribution is 0.191. The third kappa shape index (κ3) is 3.95. The molecule has 1 aliphatic rings. The summed E-state index contributed by atoms with van der Waals surface area (Å²) in [4.78, 5) is 0. The number of hydrogen-bond acceptors (Lipinski definition) is 3. The summed E-state index contributed by atoms with van der Waals surface area (Å²) in [7, 11) is 0. The zero-order valence-corrected chi connectivity index (χ0v) is 13.3. The lowest BCUT2D eigenvalue weighted by Crippen LogP contribution is -2.45. The molecule has 1 aliphatic carbocycles. The Bertz CT molecular complexity index is 525. The predicted octanol–water partition coefficient (Wildman–Crippen LogP) is 2.91. The van der Waals surface area contributed by atoms with E-state index in [2.05, 4.69) is 50.0 Å². The van der Waals surface area contributed by atoms with Crippen molar-refractivity contribution in [2.45, 2.75) is 46.2 Å². The first-order chi connectivity index (χ1) is 10.0. The molecule has 4 atom stereocenters. The van der Waals surface area contributed by atoms with Crippen molar-refractivity contribution in [1.29, 1.82) is 5.26 Å². The summed E-state index contributed by atoms with van der Waals surface area (Å²) in [5, 5.41) is 17.3. The summed E-state index contributed by atoms with van der Waals surface area (Å²) in [5.74, 6) is 0.991. The molecule has 0 aromatic carbocycles. The summed E-state index contributed by atoms with van der Waals surface area (Å²) < 4.78 is 1.97. The highest BCUT2D eigenvalue weighted by Crippen LogP contribution is 2.36. The molecule has 1 aromatic heterocycles. The molecule has 0 saturated heterocycles. The van der Waals surface area contributed by atoms with Crippen molar-refractivity contribution in [2.24, 2.45) is 17.8 Å². The Morgan fingerprint density at radius 3 is 2.90 bits per heavy atom. The fourth-order valence-corrected chi connectivity index (χ4v) is 3.21. The van der Waals surface area contributed by atoms with Crippen molar-refractivity contribution in [3.63, 3.8) is 0 Å². The van der Waals surface area contributed by atoms with E-state index in [9.17, 15) is 5.26 Å².